The Morgan fingerprint density at radius 1 is 1.44 bits per heavy atom. The van der Waals surface area contributed by atoms with Gasteiger partial charge in [-0.05, 0) is 26.8 Å². The summed E-state index contributed by atoms with van der Waals surface area (Å²) in [5.41, 5.74) is 7.96. The lowest BCUT2D eigenvalue weighted by Gasteiger charge is -2.32. The van der Waals surface area contributed by atoms with Gasteiger partial charge >= 0.3 is 0 Å². The smallest absolute Gasteiger partial charge is 0.123 e. The second-order valence-electron chi connectivity index (χ2n) is 5.06. The number of ether oxygens (including phenoxy) is 1. The molecule has 1 atom stereocenters. The lowest BCUT2D eigenvalue weighted by Crippen LogP contribution is -2.43. The van der Waals surface area contributed by atoms with Crippen LogP contribution >= 0.6 is 0 Å². The first kappa shape index (κ1) is 13.5. The Balaban J connectivity index is 1.98. The Morgan fingerprint density at radius 3 is 2.83 bits per heavy atom. The summed E-state index contributed by atoms with van der Waals surface area (Å²) >= 11 is 0. The van der Waals surface area contributed by atoms with Crippen molar-refractivity contribution in [3.05, 3.63) is 17.2 Å². The molecule has 1 fully saturated rings. The van der Waals surface area contributed by atoms with E-state index in [0.29, 0.717) is 6.54 Å². The van der Waals surface area contributed by atoms with Crippen molar-refractivity contribution >= 4 is 0 Å². The minimum atomic E-state index is 0.284. The van der Waals surface area contributed by atoms with Gasteiger partial charge in [-0.3, -0.25) is 4.90 Å². The molecule has 1 aliphatic rings. The molecule has 18 heavy (non-hydrogen) atoms. The average molecular weight is 252 g/mol. The predicted octanol–water partition coefficient (Wildman–Crippen LogP) is 0.587. The Kier molecular flexibility index (Phi) is 4.37. The molecule has 0 bridgehead atoms. The number of nitrogens with zero attached hydrogens (tertiary/aromatic N) is 3. The van der Waals surface area contributed by atoms with Crippen molar-refractivity contribution in [2.45, 2.75) is 32.9 Å². The van der Waals surface area contributed by atoms with Crippen LogP contribution in [0, 0.1) is 13.8 Å². The second-order valence-corrected chi connectivity index (χ2v) is 5.06. The van der Waals surface area contributed by atoms with Crippen molar-refractivity contribution in [3.63, 3.8) is 0 Å². The van der Waals surface area contributed by atoms with Crippen LogP contribution in [-0.2, 0) is 18.3 Å². The highest BCUT2D eigenvalue weighted by Gasteiger charge is 2.21. The zero-order chi connectivity index (χ0) is 13.1. The SMILES string of the molecule is Cc1nc(CN2CCO[C@@H](CCN)C2)n(C)c1C. The number of aryl methyl sites for hydroxylation is 1. The fraction of sp³-hybridized carbons (Fsp3) is 0.769. The maximum Gasteiger partial charge on any atom is 0.123 e. The summed E-state index contributed by atoms with van der Waals surface area (Å²) < 4.78 is 7.88. The van der Waals surface area contributed by atoms with E-state index in [2.05, 4.69) is 35.3 Å². The third kappa shape index (κ3) is 2.91. The molecule has 2 heterocycles. The van der Waals surface area contributed by atoms with Gasteiger partial charge in [-0.2, -0.15) is 0 Å². The summed E-state index contributed by atoms with van der Waals surface area (Å²) in [7, 11) is 2.09. The van der Waals surface area contributed by atoms with Crippen molar-refractivity contribution in [1.82, 2.24) is 14.5 Å². The average Bonchev–Trinajstić information content (AvgIpc) is 2.58. The molecule has 0 saturated carbocycles. The van der Waals surface area contributed by atoms with E-state index < -0.39 is 0 Å². The van der Waals surface area contributed by atoms with E-state index in [1.165, 1.54) is 5.69 Å². The van der Waals surface area contributed by atoms with E-state index >= 15 is 0 Å². The van der Waals surface area contributed by atoms with Gasteiger partial charge in [0.25, 0.3) is 0 Å². The fourth-order valence-corrected chi connectivity index (χ4v) is 2.41. The van der Waals surface area contributed by atoms with Crippen molar-refractivity contribution in [1.29, 1.82) is 0 Å². The normalized spacial score (nSPS) is 21.4. The highest BCUT2D eigenvalue weighted by atomic mass is 16.5. The Bertz CT molecular complexity index is 400. The van der Waals surface area contributed by atoms with Crippen LogP contribution in [0.1, 0.15) is 23.6 Å². The summed E-state index contributed by atoms with van der Waals surface area (Å²) in [5.74, 6) is 1.14. The van der Waals surface area contributed by atoms with Crippen LogP contribution in [0.2, 0.25) is 0 Å². The number of rotatable bonds is 4. The molecule has 5 heteroatoms. The standard InChI is InChI=1S/C13H24N4O/c1-10-11(2)16(3)13(15-10)9-17-6-7-18-12(8-17)4-5-14/h12H,4-9,14H2,1-3H3/t12-/m0/s1. The predicted molar refractivity (Wildman–Crippen MR) is 71.4 cm³/mol. The molecule has 1 aromatic heterocycles. The van der Waals surface area contributed by atoms with E-state index in [0.717, 1.165) is 44.2 Å². The van der Waals surface area contributed by atoms with Crippen LogP contribution in [-0.4, -0.2) is 46.8 Å². The summed E-state index contributed by atoms with van der Waals surface area (Å²) in [4.78, 5) is 7.04. The molecule has 0 amide bonds. The van der Waals surface area contributed by atoms with Crippen LogP contribution in [0.25, 0.3) is 0 Å². The highest BCUT2D eigenvalue weighted by molar-refractivity contribution is 5.13. The number of hydrogen-bond donors (Lipinski definition) is 1. The zero-order valence-electron chi connectivity index (χ0n) is 11.6. The molecule has 0 radical (unpaired) electrons. The van der Waals surface area contributed by atoms with E-state index in [9.17, 15) is 0 Å². The van der Waals surface area contributed by atoms with Crippen LogP contribution in [0.4, 0.5) is 0 Å². The summed E-state index contributed by atoms with van der Waals surface area (Å²) in [6.07, 6.45) is 1.22. The van der Waals surface area contributed by atoms with Gasteiger partial charge in [0, 0.05) is 25.8 Å². The monoisotopic (exact) mass is 252 g/mol. The summed E-state index contributed by atoms with van der Waals surface area (Å²) in [6.45, 7) is 8.51. The van der Waals surface area contributed by atoms with Gasteiger partial charge < -0.3 is 15.0 Å². The van der Waals surface area contributed by atoms with Crippen molar-refractivity contribution in [2.75, 3.05) is 26.2 Å². The minimum Gasteiger partial charge on any atom is -0.376 e. The van der Waals surface area contributed by atoms with Crippen molar-refractivity contribution < 1.29 is 4.74 Å². The molecule has 0 unspecified atom stereocenters. The Morgan fingerprint density at radius 2 is 2.22 bits per heavy atom. The van der Waals surface area contributed by atoms with Gasteiger partial charge in [0.1, 0.15) is 5.82 Å². The van der Waals surface area contributed by atoms with Gasteiger partial charge in [0.05, 0.1) is 24.9 Å². The number of hydrogen-bond acceptors (Lipinski definition) is 4. The molecule has 0 spiro atoms. The van der Waals surface area contributed by atoms with E-state index in [1.807, 2.05) is 0 Å². The Hall–Kier alpha value is -0.910. The van der Waals surface area contributed by atoms with E-state index in [1.54, 1.807) is 0 Å². The molecular weight excluding hydrogens is 228 g/mol. The Labute approximate surface area is 109 Å². The summed E-state index contributed by atoms with van der Waals surface area (Å²) in [5, 5.41) is 0. The maximum absolute atomic E-state index is 5.70. The number of morpholine rings is 1. The van der Waals surface area contributed by atoms with Crippen LogP contribution in [0.5, 0.6) is 0 Å². The molecule has 1 aliphatic heterocycles. The third-order valence-electron chi connectivity index (χ3n) is 3.79. The van der Waals surface area contributed by atoms with Gasteiger partial charge in [-0.25, -0.2) is 4.98 Å². The first-order valence-corrected chi connectivity index (χ1v) is 6.64. The molecule has 102 valence electrons. The molecular formula is C13H24N4O. The van der Waals surface area contributed by atoms with E-state index in [4.69, 9.17) is 10.5 Å². The molecule has 0 aliphatic carbocycles. The van der Waals surface area contributed by atoms with Gasteiger partial charge in [-0.1, -0.05) is 0 Å². The molecule has 5 nitrogen and oxygen atoms in total. The number of nitrogens with two attached hydrogens (primary N) is 1. The lowest BCUT2D eigenvalue weighted by atomic mass is 10.2. The third-order valence-corrected chi connectivity index (χ3v) is 3.79. The minimum absolute atomic E-state index is 0.284. The highest BCUT2D eigenvalue weighted by Crippen LogP contribution is 2.14. The first-order chi connectivity index (χ1) is 8.61. The van der Waals surface area contributed by atoms with Gasteiger partial charge in [0.15, 0.2) is 0 Å². The lowest BCUT2D eigenvalue weighted by molar-refractivity contribution is -0.0344. The topological polar surface area (TPSA) is 56.3 Å². The quantitative estimate of drug-likeness (QED) is 0.852. The molecule has 1 saturated heterocycles. The maximum atomic E-state index is 5.70. The molecule has 2 N–H and O–H groups in total. The van der Waals surface area contributed by atoms with Crippen LogP contribution in [0.15, 0.2) is 0 Å². The number of aromatic nitrogens is 2. The molecule has 1 aromatic rings. The fourth-order valence-electron chi connectivity index (χ4n) is 2.41. The van der Waals surface area contributed by atoms with Crippen LogP contribution < -0.4 is 5.73 Å². The summed E-state index contributed by atoms with van der Waals surface area (Å²) in [6, 6.07) is 0. The van der Waals surface area contributed by atoms with Crippen molar-refractivity contribution in [3.8, 4) is 0 Å². The zero-order valence-corrected chi connectivity index (χ0v) is 11.6. The molecule has 0 aromatic carbocycles. The van der Waals surface area contributed by atoms with Crippen molar-refractivity contribution in [2.24, 2.45) is 12.8 Å². The largest absolute Gasteiger partial charge is 0.376 e. The number of imidazole rings is 1. The van der Waals surface area contributed by atoms with Gasteiger partial charge in [-0.15, -0.1) is 0 Å². The molecule has 2 rings (SSSR count). The second kappa shape index (κ2) is 5.82. The van der Waals surface area contributed by atoms with Crippen LogP contribution in [0.3, 0.4) is 0 Å². The van der Waals surface area contributed by atoms with E-state index in [-0.39, 0.29) is 6.10 Å². The van der Waals surface area contributed by atoms with Gasteiger partial charge in [0.2, 0.25) is 0 Å². The first-order valence-electron chi connectivity index (χ1n) is 6.64.